The monoisotopic (exact) mass is 366 g/mol. The maximum absolute atomic E-state index is 13.3. The molecule has 0 aliphatic heterocycles. The average molecular weight is 366 g/mol. The molecule has 3 rings (SSSR count). The summed E-state index contributed by atoms with van der Waals surface area (Å²) in [6.07, 6.45) is -2.38. The van der Waals surface area contributed by atoms with Gasteiger partial charge in [-0.05, 0) is 31.0 Å². The Balaban J connectivity index is 1.88. The molecule has 2 aromatic heterocycles. The molecule has 1 amide bonds. The Morgan fingerprint density at radius 2 is 2.08 bits per heavy atom. The van der Waals surface area contributed by atoms with Crippen LogP contribution >= 0.6 is 0 Å². The number of carbonyl (C=O) groups excluding carboxylic acids is 1. The third-order valence-corrected chi connectivity index (χ3v) is 3.70. The second-order valence-corrected chi connectivity index (χ2v) is 5.89. The number of amides is 1. The third kappa shape index (κ3) is 3.68. The molecule has 1 aromatic carbocycles. The Kier molecular flexibility index (Phi) is 4.66. The molecule has 10 heteroatoms. The van der Waals surface area contributed by atoms with Crippen LogP contribution in [-0.2, 0) is 24.1 Å². The van der Waals surface area contributed by atoms with Crippen LogP contribution in [0.25, 0.3) is 11.0 Å². The van der Waals surface area contributed by atoms with Gasteiger partial charge in [0.15, 0.2) is 0 Å². The lowest BCUT2D eigenvalue weighted by Crippen LogP contribution is -2.23. The van der Waals surface area contributed by atoms with E-state index in [-0.39, 0.29) is 17.0 Å². The second-order valence-electron chi connectivity index (χ2n) is 5.89. The number of fused-ring (bicyclic) bond motifs is 1. The van der Waals surface area contributed by atoms with Gasteiger partial charge in [-0.1, -0.05) is 13.0 Å². The number of hydrogen-bond donors (Lipinski definition) is 1. The third-order valence-electron chi connectivity index (χ3n) is 3.70. The van der Waals surface area contributed by atoms with Gasteiger partial charge in [-0.2, -0.15) is 13.2 Å². The molecule has 0 atom stereocenters. The smallest absolute Gasteiger partial charge is 0.311 e. The van der Waals surface area contributed by atoms with Crippen molar-refractivity contribution in [3.8, 4) is 0 Å². The standard InChI is InChI=1S/C16H17F3N6O/c1-3-6-24-9-20-15(23-24)22-13(26)8-25-12-7-10(2)4-5-11(12)21-14(25)16(17,18)19/h4-5,7,9H,3,6,8H2,1-2H3,(H,22,23,26). The number of anilines is 1. The van der Waals surface area contributed by atoms with Crippen LogP contribution in [0.15, 0.2) is 24.5 Å². The highest BCUT2D eigenvalue weighted by Crippen LogP contribution is 2.31. The summed E-state index contributed by atoms with van der Waals surface area (Å²) in [5.41, 5.74) is 1.20. The van der Waals surface area contributed by atoms with E-state index in [0.717, 1.165) is 16.6 Å². The van der Waals surface area contributed by atoms with Gasteiger partial charge in [-0.25, -0.2) is 9.97 Å². The molecule has 0 bridgehead atoms. The largest absolute Gasteiger partial charge is 0.449 e. The van der Waals surface area contributed by atoms with E-state index < -0.39 is 24.5 Å². The second kappa shape index (κ2) is 6.77. The summed E-state index contributed by atoms with van der Waals surface area (Å²) >= 11 is 0. The van der Waals surface area contributed by atoms with Crippen molar-refractivity contribution < 1.29 is 18.0 Å². The van der Waals surface area contributed by atoms with Gasteiger partial charge in [0.2, 0.25) is 17.7 Å². The van der Waals surface area contributed by atoms with E-state index in [4.69, 9.17) is 0 Å². The summed E-state index contributed by atoms with van der Waals surface area (Å²) in [4.78, 5) is 19.8. The molecule has 7 nitrogen and oxygen atoms in total. The molecule has 0 aliphatic carbocycles. The Morgan fingerprint density at radius 3 is 2.77 bits per heavy atom. The molecule has 2 heterocycles. The first-order chi connectivity index (χ1) is 12.3. The zero-order valence-corrected chi connectivity index (χ0v) is 14.2. The van der Waals surface area contributed by atoms with Gasteiger partial charge >= 0.3 is 6.18 Å². The molecular weight excluding hydrogens is 349 g/mol. The highest BCUT2D eigenvalue weighted by atomic mass is 19.4. The first-order valence-corrected chi connectivity index (χ1v) is 8.01. The zero-order chi connectivity index (χ0) is 18.9. The van der Waals surface area contributed by atoms with Crippen LogP contribution in [0, 0.1) is 6.92 Å². The first kappa shape index (κ1) is 17.9. The predicted molar refractivity (Wildman–Crippen MR) is 88.4 cm³/mol. The van der Waals surface area contributed by atoms with Crippen molar-refractivity contribution in [3.05, 3.63) is 35.9 Å². The lowest BCUT2D eigenvalue weighted by Gasteiger charge is -2.11. The molecule has 0 saturated carbocycles. The van der Waals surface area contributed by atoms with Crippen molar-refractivity contribution in [3.63, 3.8) is 0 Å². The summed E-state index contributed by atoms with van der Waals surface area (Å²) in [6, 6.07) is 4.74. The van der Waals surface area contributed by atoms with Crippen LogP contribution in [0.1, 0.15) is 24.7 Å². The van der Waals surface area contributed by atoms with Crippen LogP contribution in [0.2, 0.25) is 0 Å². The van der Waals surface area contributed by atoms with Crippen LogP contribution in [0.5, 0.6) is 0 Å². The highest BCUT2D eigenvalue weighted by molar-refractivity contribution is 5.90. The lowest BCUT2D eigenvalue weighted by molar-refractivity contribution is -0.147. The molecule has 0 unspecified atom stereocenters. The van der Waals surface area contributed by atoms with E-state index in [1.165, 1.54) is 12.4 Å². The van der Waals surface area contributed by atoms with E-state index in [2.05, 4.69) is 20.4 Å². The summed E-state index contributed by atoms with van der Waals surface area (Å²) < 4.78 is 42.3. The number of rotatable bonds is 5. The van der Waals surface area contributed by atoms with Gasteiger partial charge in [-0.15, -0.1) is 5.10 Å². The molecule has 3 aromatic rings. The van der Waals surface area contributed by atoms with Crippen molar-refractivity contribution >= 4 is 22.9 Å². The number of nitrogens with zero attached hydrogens (tertiary/aromatic N) is 5. The fraction of sp³-hybridized carbons (Fsp3) is 0.375. The molecule has 0 spiro atoms. The Bertz CT molecular complexity index is 943. The number of aryl methyl sites for hydroxylation is 2. The van der Waals surface area contributed by atoms with E-state index >= 15 is 0 Å². The van der Waals surface area contributed by atoms with Crippen LogP contribution in [-0.4, -0.2) is 30.2 Å². The maximum atomic E-state index is 13.3. The van der Waals surface area contributed by atoms with Crippen molar-refractivity contribution in [2.75, 3.05) is 5.32 Å². The topological polar surface area (TPSA) is 77.6 Å². The molecular formula is C16H17F3N6O. The van der Waals surface area contributed by atoms with Crippen molar-refractivity contribution in [2.45, 2.75) is 39.5 Å². The zero-order valence-electron chi connectivity index (χ0n) is 14.2. The number of halogens is 3. The summed E-state index contributed by atoms with van der Waals surface area (Å²) in [5.74, 6) is -1.72. The van der Waals surface area contributed by atoms with Crippen molar-refractivity contribution in [1.82, 2.24) is 24.3 Å². The molecule has 0 aliphatic rings. The fourth-order valence-electron chi connectivity index (χ4n) is 2.61. The molecule has 1 N–H and O–H groups in total. The van der Waals surface area contributed by atoms with Gasteiger partial charge in [0, 0.05) is 6.54 Å². The van der Waals surface area contributed by atoms with E-state index in [9.17, 15) is 18.0 Å². The highest BCUT2D eigenvalue weighted by Gasteiger charge is 2.38. The summed E-state index contributed by atoms with van der Waals surface area (Å²) in [7, 11) is 0. The van der Waals surface area contributed by atoms with E-state index in [1.807, 2.05) is 6.92 Å². The first-order valence-electron chi connectivity index (χ1n) is 8.01. The normalized spacial score (nSPS) is 11.9. The van der Waals surface area contributed by atoms with Crippen LogP contribution in [0.3, 0.4) is 0 Å². The van der Waals surface area contributed by atoms with Crippen molar-refractivity contribution in [2.24, 2.45) is 0 Å². The molecule has 0 radical (unpaired) electrons. The number of imidazole rings is 1. The van der Waals surface area contributed by atoms with Gasteiger partial charge in [-0.3, -0.25) is 14.8 Å². The quantitative estimate of drug-likeness (QED) is 0.753. The van der Waals surface area contributed by atoms with Crippen molar-refractivity contribution in [1.29, 1.82) is 0 Å². The molecule has 0 fully saturated rings. The number of benzene rings is 1. The maximum Gasteiger partial charge on any atom is 0.449 e. The lowest BCUT2D eigenvalue weighted by atomic mass is 10.2. The summed E-state index contributed by atoms with van der Waals surface area (Å²) in [5, 5.41) is 6.46. The minimum atomic E-state index is -4.67. The minimum absolute atomic E-state index is 0.0533. The molecule has 0 saturated heterocycles. The number of carbonyl (C=O) groups is 1. The number of nitrogens with one attached hydrogen (secondary N) is 1. The van der Waals surface area contributed by atoms with Gasteiger partial charge < -0.3 is 4.57 Å². The predicted octanol–water partition coefficient (Wildman–Crippen LogP) is 3.00. The molecule has 138 valence electrons. The Morgan fingerprint density at radius 1 is 1.31 bits per heavy atom. The SMILES string of the molecule is CCCn1cnc(NC(=O)Cn2c(C(F)(F)F)nc3ccc(C)cc32)n1. The number of hydrogen-bond acceptors (Lipinski definition) is 4. The van der Waals surface area contributed by atoms with Crippen LogP contribution < -0.4 is 5.32 Å². The molecule has 26 heavy (non-hydrogen) atoms. The minimum Gasteiger partial charge on any atom is -0.311 e. The van der Waals surface area contributed by atoms with Gasteiger partial charge in [0.05, 0.1) is 11.0 Å². The fourth-order valence-corrected chi connectivity index (χ4v) is 2.61. The van der Waals surface area contributed by atoms with Gasteiger partial charge in [0.1, 0.15) is 12.9 Å². The van der Waals surface area contributed by atoms with Gasteiger partial charge in [0.25, 0.3) is 0 Å². The summed E-state index contributed by atoms with van der Waals surface area (Å²) in [6.45, 7) is 3.81. The van der Waals surface area contributed by atoms with E-state index in [0.29, 0.717) is 6.54 Å². The Labute approximate surface area is 146 Å². The number of alkyl halides is 3. The van der Waals surface area contributed by atoms with Crippen LogP contribution in [0.4, 0.5) is 19.1 Å². The Hall–Kier alpha value is -2.91. The number of aromatic nitrogens is 5. The average Bonchev–Trinajstić information content (AvgIpc) is 3.12. The van der Waals surface area contributed by atoms with E-state index in [1.54, 1.807) is 23.7 Å².